The second-order valence-corrected chi connectivity index (χ2v) is 2.82. The average Bonchev–Trinajstić information content (AvgIpc) is 2.20. The zero-order chi connectivity index (χ0) is 10.6. The number of carbonyl (C=O) groups excluding carboxylic acids is 1. The minimum atomic E-state index is -0.443. The molecule has 0 spiro atoms. The molecule has 1 aromatic rings. The van der Waals surface area contributed by atoms with Gasteiger partial charge in [-0.2, -0.15) is 0 Å². The third-order valence-corrected chi connectivity index (χ3v) is 2.00. The molecule has 0 aliphatic rings. The molecule has 0 atom stereocenters. The Hall–Kier alpha value is -1.58. The highest BCUT2D eigenvalue weighted by Crippen LogP contribution is 2.01. The smallest absolute Gasteiger partial charge is 0.335 e. The highest BCUT2D eigenvalue weighted by atomic mass is 16.4. The lowest BCUT2D eigenvalue weighted by molar-refractivity contribution is 0.0770. The maximum absolute atomic E-state index is 11.7. The minimum absolute atomic E-state index is 0.112. The molecule has 0 bridgehead atoms. The Morgan fingerprint density at radius 1 is 1.36 bits per heavy atom. The Morgan fingerprint density at radius 2 is 2.00 bits per heavy atom. The third-order valence-electron chi connectivity index (χ3n) is 2.00. The van der Waals surface area contributed by atoms with Crippen LogP contribution in [0.2, 0.25) is 0 Å². The fraction of sp³-hybridized carbons (Fsp3) is 0.400. The zero-order valence-corrected chi connectivity index (χ0v) is 8.32. The van der Waals surface area contributed by atoms with E-state index in [-0.39, 0.29) is 5.91 Å². The van der Waals surface area contributed by atoms with E-state index >= 15 is 0 Å². The van der Waals surface area contributed by atoms with Crippen molar-refractivity contribution in [2.24, 2.45) is 0 Å². The van der Waals surface area contributed by atoms with Crippen molar-refractivity contribution >= 4 is 5.91 Å². The molecule has 0 fully saturated rings. The molecular formula is C10H13NO3. The van der Waals surface area contributed by atoms with Crippen LogP contribution in [0.15, 0.2) is 27.6 Å². The molecule has 0 unspecified atom stereocenters. The molecule has 0 aliphatic heterocycles. The third kappa shape index (κ3) is 2.22. The lowest BCUT2D eigenvalue weighted by Gasteiger charge is -2.17. The highest BCUT2D eigenvalue weighted by Gasteiger charge is 2.12. The number of hydrogen-bond acceptors (Lipinski definition) is 3. The van der Waals surface area contributed by atoms with E-state index in [4.69, 9.17) is 0 Å². The van der Waals surface area contributed by atoms with Crippen molar-refractivity contribution in [3.8, 4) is 0 Å². The topological polar surface area (TPSA) is 50.5 Å². The van der Waals surface area contributed by atoms with E-state index in [2.05, 4.69) is 4.42 Å². The van der Waals surface area contributed by atoms with Gasteiger partial charge in [-0.15, -0.1) is 0 Å². The molecule has 14 heavy (non-hydrogen) atoms. The summed E-state index contributed by atoms with van der Waals surface area (Å²) in [6.45, 7) is 5.10. The molecule has 0 saturated heterocycles. The first-order valence-corrected chi connectivity index (χ1v) is 4.57. The molecule has 1 rings (SSSR count). The fourth-order valence-electron chi connectivity index (χ4n) is 1.17. The molecular weight excluding hydrogens is 182 g/mol. The number of rotatable bonds is 3. The second kappa shape index (κ2) is 4.60. The van der Waals surface area contributed by atoms with Gasteiger partial charge in [-0.05, 0) is 19.9 Å². The number of amides is 1. The van der Waals surface area contributed by atoms with Crippen LogP contribution in [-0.2, 0) is 0 Å². The summed E-state index contributed by atoms with van der Waals surface area (Å²) in [6, 6.07) is 2.73. The minimum Gasteiger partial charge on any atom is -0.430 e. The van der Waals surface area contributed by atoms with Gasteiger partial charge in [0.25, 0.3) is 5.91 Å². The van der Waals surface area contributed by atoms with Crippen LogP contribution < -0.4 is 5.63 Å². The van der Waals surface area contributed by atoms with Gasteiger partial charge in [0.1, 0.15) is 6.26 Å². The first-order valence-electron chi connectivity index (χ1n) is 4.57. The van der Waals surface area contributed by atoms with Gasteiger partial charge in [0.05, 0.1) is 5.56 Å². The van der Waals surface area contributed by atoms with Crippen LogP contribution in [0.3, 0.4) is 0 Å². The SMILES string of the molecule is CCN(CC)C(=O)c1ccc(=O)oc1. The van der Waals surface area contributed by atoms with E-state index in [1.165, 1.54) is 18.4 Å². The Morgan fingerprint density at radius 3 is 2.43 bits per heavy atom. The van der Waals surface area contributed by atoms with Crippen molar-refractivity contribution in [1.82, 2.24) is 4.90 Å². The van der Waals surface area contributed by atoms with Crippen LogP contribution in [-0.4, -0.2) is 23.9 Å². The molecule has 0 N–H and O–H groups in total. The van der Waals surface area contributed by atoms with Gasteiger partial charge in [-0.1, -0.05) is 0 Å². The van der Waals surface area contributed by atoms with Gasteiger partial charge in [0.2, 0.25) is 0 Å². The molecule has 4 heteroatoms. The van der Waals surface area contributed by atoms with Gasteiger partial charge in [0.15, 0.2) is 0 Å². The van der Waals surface area contributed by atoms with Gasteiger partial charge in [-0.3, -0.25) is 4.79 Å². The van der Waals surface area contributed by atoms with Crippen molar-refractivity contribution in [2.75, 3.05) is 13.1 Å². The molecule has 0 aliphatic carbocycles. The first-order chi connectivity index (χ1) is 6.69. The first kappa shape index (κ1) is 10.5. The molecule has 4 nitrogen and oxygen atoms in total. The van der Waals surface area contributed by atoms with E-state index < -0.39 is 5.63 Å². The van der Waals surface area contributed by atoms with Crippen LogP contribution in [0.25, 0.3) is 0 Å². The summed E-state index contributed by atoms with van der Waals surface area (Å²) in [5.41, 5.74) is -0.0330. The fourth-order valence-corrected chi connectivity index (χ4v) is 1.17. The molecule has 0 saturated carbocycles. The lowest BCUT2D eigenvalue weighted by Crippen LogP contribution is -2.30. The summed E-state index contributed by atoms with van der Waals surface area (Å²) in [6.07, 6.45) is 1.20. The number of hydrogen-bond donors (Lipinski definition) is 0. The average molecular weight is 195 g/mol. The summed E-state index contributed by atoms with van der Waals surface area (Å²) in [5, 5.41) is 0. The Bertz CT molecular complexity index is 345. The van der Waals surface area contributed by atoms with Crippen LogP contribution in [0.4, 0.5) is 0 Å². The van der Waals surface area contributed by atoms with Crippen LogP contribution >= 0.6 is 0 Å². The largest absolute Gasteiger partial charge is 0.430 e. The summed E-state index contributed by atoms with van der Waals surface area (Å²) >= 11 is 0. The molecule has 1 aromatic heterocycles. The summed E-state index contributed by atoms with van der Waals surface area (Å²) in [4.78, 5) is 24.0. The van der Waals surface area contributed by atoms with E-state index in [0.717, 1.165) is 0 Å². The molecule has 76 valence electrons. The Balaban J connectivity index is 2.88. The van der Waals surface area contributed by atoms with E-state index in [9.17, 15) is 9.59 Å². The molecule has 0 radical (unpaired) electrons. The summed E-state index contributed by atoms with van der Waals surface area (Å²) in [7, 11) is 0. The predicted molar refractivity (Wildman–Crippen MR) is 52.2 cm³/mol. The standard InChI is InChI=1S/C10H13NO3/c1-3-11(4-2)10(13)8-5-6-9(12)14-7-8/h5-7H,3-4H2,1-2H3. The van der Waals surface area contributed by atoms with Gasteiger partial charge < -0.3 is 9.32 Å². The van der Waals surface area contributed by atoms with Crippen molar-refractivity contribution in [3.63, 3.8) is 0 Å². The zero-order valence-electron chi connectivity index (χ0n) is 8.32. The number of nitrogens with zero attached hydrogens (tertiary/aromatic N) is 1. The van der Waals surface area contributed by atoms with Crippen LogP contribution in [0.5, 0.6) is 0 Å². The normalized spacial score (nSPS) is 9.86. The van der Waals surface area contributed by atoms with Gasteiger partial charge in [0, 0.05) is 19.2 Å². The van der Waals surface area contributed by atoms with Crippen LogP contribution in [0.1, 0.15) is 24.2 Å². The van der Waals surface area contributed by atoms with E-state index in [0.29, 0.717) is 18.7 Å². The van der Waals surface area contributed by atoms with E-state index in [1.807, 2.05) is 13.8 Å². The van der Waals surface area contributed by atoms with Gasteiger partial charge >= 0.3 is 5.63 Å². The lowest BCUT2D eigenvalue weighted by atomic mass is 10.2. The Kier molecular flexibility index (Phi) is 3.45. The van der Waals surface area contributed by atoms with Crippen molar-refractivity contribution < 1.29 is 9.21 Å². The molecule has 1 amide bonds. The molecule has 1 heterocycles. The second-order valence-electron chi connectivity index (χ2n) is 2.82. The summed E-state index contributed by atoms with van der Waals surface area (Å²) < 4.78 is 4.62. The monoisotopic (exact) mass is 195 g/mol. The quantitative estimate of drug-likeness (QED) is 0.726. The van der Waals surface area contributed by atoms with Crippen molar-refractivity contribution in [2.45, 2.75) is 13.8 Å². The molecule has 0 aromatic carbocycles. The van der Waals surface area contributed by atoms with Crippen molar-refractivity contribution in [3.05, 3.63) is 34.4 Å². The summed E-state index contributed by atoms with van der Waals surface area (Å²) in [5.74, 6) is -0.112. The van der Waals surface area contributed by atoms with Crippen LogP contribution in [0, 0.1) is 0 Å². The maximum Gasteiger partial charge on any atom is 0.335 e. The maximum atomic E-state index is 11.7. The van der Waals surface area contributed by atoms with Gasteiger partial charge in [-0.25, -0.2) is 4.79 Å². The van der Waals surface area contributed by atoms with E-state index in [1.54, 1.807) is 4.90 Å². The van der Waals surface area contributed by atoms with Crippen molar-refractivity contribution in [1.29, 1.82) is 0 Å². The number of carbonyl (C=O) groups is 1. The Labute approximate surface area is 82.1 Å². The highest BCUT2D eigenvalue weighted by molar-refractivity contribution is 5.93. The predicted octanol–water partition coefficient (Wildman–Crippen LogP) is 1.12.